The summed E-state index contributed by atoms with van der Waals surface area (Å²) >= 11 is 6.96. The molecule has 4 nitrogen and oxygen atoms in total. The van der Waals surface area contributed by atoms with Gasteiger partial charge in [-0.05, 0) is 17.6 Å². The van der Waals surface area contributed by atoms with Gasteiger partial charge in [0.2, 0.25) is 0 Å². The van der Waals surface area contributed by atoms with Crippen LogP contribution in [0.25, 0.3) is 0 Å². The maximum absolute atomic E-state index is 13.7. The van der Waals surface area contributed by atoms with E-state index in [2.05, 4.69) is 9.69 Å². The average Bonchev–Trinajstić information content (AvgIpc) is 2.80. The quantitative estimate of drug-likeness (QED) is 0.918. The van der Waals surface area contributed by atoms with Gasteiger partial charge in [-0.3, -0.25) is 0 Å². The molecule has 0 bridgehead atoms. The van der Waals surface area contributed by atoms with Gasteiger partial charge in [0.1, 0.15) is 16.6 Å². The maximum atomic E-state index is 13.7. The van der Waals surface area contributed by atoms with Crippen LogP contribution in [0, 0.1) is 17.1 Å². The molecule has 7 heteroatoms. The fourth-order valence-electron chi connectivity index (χ4n) is 2.16. The number of hydrogen-bond donors (Lipinski definition) is 1. The number of nitrogens with one attached hydrogen (secondary N) is 1. The van der Waals surface area contributed by atoms with Crippen LogP contribution in [-0.2, 0) is 0 Å². The van der Waals surface area contributed by atoms with Crippen LogP contribution in [0.4, 0.5) is 9.39 Å². The van der Waals surface area contributed by atoms with Crippen molar-refractivity contribution in [3.8, 4) is 11.8 Å². The molecular formula is C13H9ClFN3OS. The van der Waals surface area contributed by atoms with Gasteiger partial charge >= 0.3 is 0 Å². The first kappa shape index (κ1) is 13.2. The molecule has 0 radical (unpaired) electrons. The summed E-state index contributed by atoms with van der Waals surface area (Å²) in [7, 11) is 0. The van der Waals surface area contributed by atoms with Gasteiger partial charge in [0.25, 0.3) is 0 Å². The fourth-order valence-corrected chi connectivity index (χ4v) is 3.15. The van der Waals surface area contributed by atoms with E-state index in [1.165, 1.54) is 6.07 Å². The standard InChI is InChI=1S/C13H9ClFN3OS/c14-12-8(6-16)13(20-18-12)17-10-4-5-19-11-7(10)2-1-3-9(11)15/h1-3,10,17H,4-5H2/t10-/m0/s1. The third-order valence-electron chi connectivity index (χ3n) is 3.09. The molecule has 102 valence electrons. The Labute approximate surface area is 123 Å². The number of anilines is 1. The lowest BCUT2D eigenvalue weighted by Gasteiger charge is -2.27. The van der Waals surface area contributed by atoms with Gasteiger partial charge in [-0.1, -0.05) is 23.7 Å². The Morgan fingerprint density at radius 1 is 1.55 bits per heavy atom. The van der Waals surface area contributed by atoms with E-state index in [0.29, 0.717) is 23.6 Å². The zero-order valence-electron chi connectivity index (χ0n) is 10.2. The number of nitriles is 1. The van der Waals surface area contributed by atoms with Crippen molar-refractivity contribution in [1.29, 1.82) is 5.26 Å². The molecule has 1 N–H and O–H groups in total. The number of ether oxygens (including phenoxy) is 1. The number of rotatable bonds is 2. The molecule has 0 aliphatic carbocycles. The van der Waals surface area contributed by atoms with Crippen LogP contribution in [0.3, 0.4) is 0 Å². The first-order valence-corrected chi connectivity index (χ1v) is 7.09. The van der Waals surface area contributed by atoms with Crippen molar-refractivity contribution in [3.63, 3.8) is 0 Å². The highest BCUT2D eigenvalue weighted by Gasteiger charge is 2.25. The minimum absolute atomic E-state index is 0.127. The maximum Gasteiger partial charge on any atom is 0.165 e. The van der Waals surface area contributed by atoms with E-state index >= 15 is 0 Å². The number of hydrogen-bond acceptors (Lipinski definition) is 5. The smallest absolute Gasteiger partial charge is 0.165 e. The summed E-state index contributed by atoms with van der Waals surface area (Å²) in [5, 5.41) is 13.1. The minimum Gasteiger partial charge on any atom is -0.490 e. The van der Waals surface area contributed by atoms with E-state index in [-0.39, 0.29) is 22.8 Å². The van der Waals surface area contributed by atoms with Crippen molar-refractivity contribution < 1.29 is 9.13 Å². The second-order valence-electron chi connectivity index (χ2n) is 4.28. The molecule has 0 amide bonds. The summed E-state index contributed by atoms with van der Waals surface area (Å²) in [5.41, 5.74) is 1.06. The number of benzene rings is 1. The molecule has 20 heavy (non-hydrogen) atoms. The van der Waals surface area contributed by atoms with Crippen LogP contribution in [0.15, 0.2) is 18.2 Å². The topological polar surface area (TPSA) is 57.9 Å². The molecule has 3 rings (SSSR count). The fraction of sp³-hybridized carbons (Fsp3) is 0.231. The predicted octanol–water partition coefficient (Wildman–Crippen LogP) is 3.74. The molecule has 1 aliphatic heterocycles. The van der Waals surface area contributed by atoms with Gasteiger partial charge in [0, 0.05) is 12.0 Å². The number of halogens is 2. The molecule has 2 aromatic rings. The van der Waals surface area contributed by atoms with E-state index in [1.807, 2.05) is 12.1 Å². The molecule has 1 aliphatic rings. The van der Waals surface area contributed by atoms with Crippen LogP contribution in [0.1, 0.15) is 23.6 Å². The van der Waals surface area contributed by atoms with E-state index in [1.54, 1.807) is 6.07 Å². The molecule has 0 spiro atoms. The van der Waals surface area contributed by atoms with E-state index < -0.39 is 0 Å². The summed E-state index contributed by atoms with van der Waals surface area (Å²) in [6.45, 7) is 0.417. The van der Waals surface area contributed by atoms with Crippen molar-refractivity contribution in [2.24, 2.45) is 0 Å². The lowest BCUT2D eigenvalue weighted by molar-refractivity contribution is 0.260. The van der Waals surface area contributed by atoms with Crippen molar-refractivity contribution in [2.45, 2.75) is 12.5 Å². The SMILES string of the molecule is N#Cc1c(Cl)nsc1N[C@H]1CCOc2c(F)cccc21. The Bertz CT molecular complexity index is 697. The van der Waals surface area contributed by atoms with Gasteiger partial charge in [-0.25, -0.2) is 4.39 Å². The Morgan fingerprint density at radius 2 is 2.40 bits per heavy atom. The Hall–Kier alpha value is -1.84. The third kappa shape index (κ3) is 2.19. The van der Waals surface area contributed by atoms with Crippen LogP contribution in [0.5, 0.6) is 5.75 Å². The number of para-hydroxylation sites is 1. The molecule has 1 atom stereocenters. The zero-order chi connectivity index (χ0) is 14.1. The van der Waals surface area contributed by atoms with Gasteiger partial charge in [0.15, 0.2) is 16.7 Å². The summed E-state index contributed by atoms with van der Waals surface area (Å²) in [6, 6.07) is 6.71. The van der Waals surface area contributed by atoms with Crippen molar-refractivity contribution in [3.05, 3.63) is 40.3 Å². The van der Waals surface area contributed by atoms with E-state index in [9.17, 15) is 4.39 Å². The minimum atomic E-state index is -0.378. The van der Waals surface area contributed by atoms with E-state index in [0.717, 1.165) is 17.1 Å². The molecule has 0 saturated heterocycles. The molecule has 0 saturated carbocycles. The molecule has 0 unspecified atom stereocenters. The summed E-state index contributed by atoms with van der Waals surface area (Å²) in [5.74, 6) is -0.109. The van der Waals surface area contributed by atoms with Crippen molar-refractivity contribution in [2.75, 3.05) is 11.9 Å². The molecule has 2 heterocycles. The van der Waals surface area contributed by atoms with Crippen molar-refractivity contribution >= 4 is 28.1 Å². The first-order valence-electron chi connectivity index (χ1n) is 5.93. The first-order chi connectivity index (χ1) is 9.70. The Balaban J connectivity index is 1.94. The number of aromatic nitrogens is 1. The lowest BCUT2D eigenvalue weighted by atomic mass is 10.0. The number of nitrogens with zero attached hydrogens (tertiary/aromatic N) is 2. The van der Waals surface area contributed by atoms with Gasteiger partial charge in [-0.2, -0.15) is 9.64 Å². The summed E-state index contributed by atoms with van der Waals surface area (Å²) in [6.07, 6.45) is 0.677. The van der Waals surface area contributed by atoms with Crippen LogP contribution in [-0.4, -0.2) is 11.0 Å². The highest BCUT2D eigenvalue weighted by atomic mass is 35.5. The Kier molecular flexibility index (Phi) is 3.47. The molecule has 1 aromatic carbocycles. The van der Waals surface area contributed by atoms with E-state index in [4.69, 9.17) is 21.6 Å². The van der Waals surface area contributed by atoms with Gasteiger partial charge in [-0.15, -0.1) is 0 Å². The van der Waals surface area contributed by atoms with Crippen LogP contribution in [0.2, 0.25) is 5.15 Å². The van der Waals surface area contributed by atoms with Gasteiger partial charge in [0.05, 0.1) is 12.6 Å². The van der Waals surface area contributed by atoms with Gasteiger partial charge < -0.3 is 10.1 Å². The molecule has 1 aromatic heterocycles. The van der Waals surface area contributed by atoms with Crippen LogP contribution >= 0.6 is 23.1 Å². The summed E-state index contributed by atoms with van der Waals surface area (Å²) < 4.78 is 23.0. The zero-order valence-corrected chi connectivity index (χ0v) is 11.8. The number of fused-ring (bicyclic) bond motifs is 1. The molecular weight excluding hydrogens is 301 g/mol. The van der Waals surface area contributed by atoms with Crippen molar-refractivity contribution in [1.82, 2.24) is 4.37 Å². The largest absolute Gasteiger partial charge is 0.490 e. The normalized spacial score (nSPS) is 16.9. The molecule has 0 fully saturated rings. The average molecular weight is 310 g/mol. The third-order valence-corrected chi connectivity index (χ3v) is 4.25. The predicted molar refractivity (Wildman–Crippen MR) is 74.7 cm³/mol. The highest BCUT2D eigenvalue weighted by molar-refractivity contribution is 7.10. The Morgan fingerprint density at radius 3 is 3.20 bits per heavy atom. The summed E-state index contributed by atoms with van der Waals surface area (Å²) in [4.78, 5) is 0. The highest BCUT2D eigenvalue weighted by Crippen LogP contribution is 2.38. The monoisotopic (exact) mass is 309 g/mol. The lowest BCUT2D eigenvalue weighted by Crippen LogP contribution is -2.21. The second kappa shape index (κ2) is 5.27. The second-order valence-corrected chi connectivity index (χ2v) is 5.41. The van der Waals surface area contributed by atoms with Crippen LogP contribution < -0.4 is 10.1 Å².